The van der Waals surface area contributed by atoms with Gasteiger partial charge in [0.05, 0.1) is 11.5 Å². The van der Waals surface area contributed by atoms with Gasteiger partial charge in [-0.2, -0.15) is 0 Å². The number of amides is 1. The Morgan fingerprint density at radius 3 is 2.68 bits per heavy atom. The molecule has 1 aromatic rings. The van der Waals surface area contributed by atoms with Gasteiger partial charge in [-0.3, -0.25) is 14.9 Å². The van der Waals surface area contributed by atoms with Crippen molar-refractivity contribution in [3.63, 3.8) is 0 Å². The lowest BCUT2D eigenvalue weighted by Crippen LogP contribution is -2.29. The number of anilines is 1. The summed E-state index contributed by atoms with van der Waals surface area (Å²) in [5.41, 5.74) is -1.45. The van der Waals surface area contributed by atoms with E-state index in [0.29, 0.717) is 12.6 Å². The predicted molar refractivity (Wildman–Crippen MR) is 64.8 cm³/mol. The number of nitrogens with one attached hydrogen (secondary N) is 2. The summed E-state index contributed by atoms with van der Waals surface area (Å²) in [7, 11) is 0. The molecule has 19 heavy (non-hydrogen) atoms. The molecule has 0 aliphatic heterocycles. The van der Waals surface area contributed by atoms with Crippen LogP contribution in [-0.4, -0.2) is 23.9 Å². The molecule has 0 fully saturated rings. The van der Waals surface area contributed by atoms with Crippen LogP contribution in [-0.2, 0) is 4.79 Å². The number of nitrogens with zero attached hydrogens (tertiary/aromatic N) is 1. The highest BCUT2D eigenvalue weighted by atomic mass is 19.2. The van der Waals surface area contributed by atoms with Crippen LogP contribution < -0.4 is 10.6 Å². The third kappa shape index (κ3) is 3.95. The summed E-state index contributed by atoms with van der Waals surface area (Å²) in [5, 5.41) is 15.4. The topological polar surface area (TPSA) is 84.3 Å². The standard InChI is InChI=1S/C11H13F2N3O3/c1-2-5-14-6-9(17)15-11-8(16(18)19)4-3-7(12)10(11)13/h3-4,14H,2,5-6H2,1H3,(H,15,17). The minimum Gasteiger partial charge on any atom is -0.317 e. The van der Waals surface area contributed by atoms with Crippen LogP contribution in [0, 0.1) is 21.7 Å². The Bertz CT molecular complexity index is 494. The van der Waals surface area contributed by atoms with E-state index in [0.717, 1.165) is 12.5 Å². The second kappa shape index (κ2) is 6.74. The van der Waals surface area contributed by atoms with Crippen LogP contribution in [0.3, 0.4) is 0 Å². The molecule has 1 amide bonds. The van der Waals surface area contributed by atoms with Crippen LogP contribution in [0.1, 0.15) is 13.3 Å². The Morgan fingerprint density at radius 2 is 2.11 bits per heavy atom. The smallest absolute Gasteiger partial charge is 0.296 e. The zero-order valence-corrected chi connectivity index (χ0v) is 10.2. The van der Waals surface area contributed by atoms with E-state index in [1.165, 1.54) is 0 Å². The van der Waals surface area contributed by atoms with E-state index in [1.54, 1.807) is 0 Å². The van der Waals surface area contributed by atoms with Crippen molar-refractivity contribution in [2.45, 2.75) is 13.3 Å². The first-order valence-corrected chi connectivity index (χ1v) is 5.60. The summed E-state index contributed by atoms with van der Waals surface area (Å²) in [6, 6.07) is 1.44. The van der Waals surface area contributed by atoms with Crippen molar-refractivity contribution in [2.24, 2.45) is 0 Å². The first-order valence-electron chi connectivity index (χ1n) is 5.60. The van der Waals surface area contributed by atoms with E-state index >= 15 is 0 Å². The Kier molecular flexibility index (Phi) is 5.31. The number of rotatable bonds is 6. The number of benzene rings is 1. The Balaban J connectivity index is 2.89. The maximum Gasteiger partial charge on any atom is 0.296 e. The largest absolute Gasteiger partial charge is 0.317 e. The van der Waals surface area contributed by atoms with E-state index in [9.17, 15) is 23.7 Å². The molecule has 1 rings (SSSR count). The zero-order valence-electron chi connectivity index (χ0n) is 10.2. The second-order valence-corrected chi connectivity index (χ2v) is 3.74. The molecule has 0 radical (unpaired) electrons. The fourth-order valence-corrected chi connectivity index (χ4v) is 1.37. The molecule has 0 unspecified atom stereocenters. The first-order chi connectivity index (χ1) is 8.97. The normalized spacial score (nSPS) is 10.3. The fourth-order valence-electron chi connectivity index (χ4n) is 1.37. The van der Waals surface area contributed by atoms with Gasteiger partial charge in [0.1, 0.15) is 0 Å². The molecule has 1 aromatic carbocycles. The highest BCUT2D eigenvalue weighted by molar-refractivity contribution is 5.94. The van der Waals surface area contributed by atoms with Crippen LogP contribution in [0.25, 0.3) is 0 Å². The van der Waals surface area contributed by atoms with Crippen molar-refractivity contribution in [1.82, 2.24) is 5.32 Å². The van der Waals surface area contributed by atoms with Gasteiger partial charge in [-0.25, -0.2) is 8.78 Å². The van der Waals surface area contributed by atoms with Crippen molar-refractivity contribution in [2.75, 3.05) is 18.4 Å². The Morgan fingerprint density at radius 1 is 1.42 bits per heavy atom. The number of hydrogen-bond acceptors (Lipinski definition) is 4. The number of hydrogen-bond donors (Lipinski definition) is 2. The van der Waals surface area contributed by atoms with Crippen LogP contribution in [0.4, 0.5) is 20.2 Å². The van der Waals surface area contributed by atoms with E-state index in [-0.39, 0.29) is 6.54 Å². The molecule has 104 valence electrons. The monoisotopic (exact) mass is 273 g/mol. The van der Waals surface area contributed by atoms with Crippen molar-refractivity contribution in [1.29, 1.82) is 0 Å². The van der Waals surface area contributed by atoms with E-state index < -0.39 is 33.8 Å². The van der Waals surface area contributed by atoms with Crippen molar-refractivity contribution < 1.29 is 18.5 Å². The minimum absolute atomic E-state index is 0.138. The first kappa shape index (κ1) is 15.0. The molecule has 8 heteroatoms. The van der Waals surface area contributed by atoms with Crippen molar-refractivity contribution in [3.8, 4) is 0 Å². The van der Waals surface area contributed by atoms with Gasteiger partial charge in [-0.1, -0.05) is 6.92 Å². The predicted octanol–water partition coefficient (Wildman–Crippen LogP) is 1.81. The summed E-state index contributed by atoms with van der Waals surface area (Å²) in [6.45, 7) is 2.32. The molecule has 0 spiro atoms. The molecule has 0 saturated heterocycles. The maximum absolute atomic E-state index is 13.5. The third-order valence-electron chi connectivity index (χ3n) is 2.25. The molecule has 0 heterocycles. The Labute approximate surface area is 108 Å². The van der Waals surface area contributed by atoms with Gasteiger partial charge in [-0.05, 0) is 19.0 Å². The number of nitro groups is 1. The minimum atomic E-state index is -1.45. The average molecular weight is 273 g/mol. The maximum atomic E-state index is 13.5. The number of halogens is 2. The summed E-state index contributed by atoms with van der Waals surface area (Å²) < 4.78 is 26.5. The lowest BCUT2D eigenvalue weighted by atomic mass is 10.2. The van der Waals surface area contributed by atoms with Gasteiger partial charge >= 0.3 is 0 Å². The van der Waals surface area contributed by atoms with Gasteiger partial charge in [0.2, 0.25) is 5.91 Å². The molecule has 0 aliphatic rings. The van der Waals surface area contributed by atoms with Crippen molar-refractivity contribution in [3.05, 3.63) is 33.9 Å². The quantitative estimate of drug-likeness (QED) is 0.470. The number of carbonyl (C=O) groups excluding carboxylic acids is 1. The van der Waals surface area contributed by atoms with E-state index in [1.807, 2.05) is 12.2 Å². The van der Waals surface area contributed by atoms with Crippen LogP contribution >= 0.6 is 0 Å². The van der Waals surface area contributed by atoms with Gasteiger partial charge in [0.25, 0.3) is 5.69 Å². The second-order valence-electron chi connectivity index (χ2n) is 3.74. The molecule has 0 saturated carbocycles. The molecular weight excluding hydrogens is 260 g/mol. The third-order valence-corrected chi connectivity index (χ3v) is 2.25. The van der Waals surface area contributed by atoms with E-state index in [2.05, 4.69) is 5.32 Å². The molecule has 6 nitrogen and oxygen atoms in total. The molecule has 0 aromatic heterocycles. The summed E-state index contributed by atoms with van der Waals surface area (Å²) in [4.78, 5) is 21.2. The van der Waals surface area contributed by atoms with Gasteiger partial charge < -0.3 is 10.6 Å². The summed E-state index contributed by atoms with van der Waals surface area (Å²) in [5.74, 6) is -3.39. The van der Waals surface area contributed by atoms with E-state index in [4.69, 9.17) is 0 Å². The van der Waals surface area contributed by atoms with Gasteiger partial charge in [0, 0.05) is 6.07 Å². The molecular formula is C11H13F2N3O3. The molecule has 0 atom stereocenters. The van der Waals surface area contributed by atoms with Gasteiger partial charge in [-0.15, -0.1) is 0 Å². The number of nitro benzene ring substituents is 1. The van der Waals surface area contributed by atoms with Crippen LogP contribution in [0.2, 0.25) is 0 Å². The van der Waals surface area contributed by atoms with Crippen LogP contribution in [0.5, 0.6) is 0 Å². The molecule has 2 N–H and O–H groups in total. The van der Waals surface area contributed by atoms with Crippen molar-refractivity contribution >= 4 is 17.3 Å². The van der Waals surface area contributed by atoms with Gasteiger partial charge in [0.15, 0.2) is 17.3 Å². The average Bonchev–Trinajstić information content (AvgIpc) is 2.35. The fraction of sp³-hybridized carbons (Fsp3) is 0.364. The molecule has 0 aliphatic carbocycles. The van der Waals surface area contributed by atoms with Crippen LogP contribution in [0.15, 0.2) is 12.1 Å². The highest BCUT2D eigenvalue weighted by Gasteiger charge is 2.23. The lowest BCUT2D eigenvalue weighted by Gasteiger charge is -2.08. The summed E-state index contributed by atoms with van der Waals surface area (Å²) >= 11 is 0. The number of carbonyl (C=O) groups is 1. The Hall–Kier alpha value is -2.09. The lowest BCUT2D eigenvalue weighted by molar-refractivity contribution is -0.384. The molecule has 0 bridgehead atoms. The zero-order chi connectivity index (χ0) is 14.4. The highest BCUT2D eigenvalue weighted by Crippen LogP contribution is 2.28. The summed E-state index contributed by atoms with van der Waals surface area (Å²) in [6.07, 6.45) is 0.793. The SMILES string of the molecule is CCCNCC(=O)Nc1c([N+](=O)[O-])ccc(F)c1F.